The highest BCUT2D eigenvalue weighted by atomic mass is 16.5. The fourth-order valence-corrected chi connectivity index (χ4v) is 1.73. The predicted molar refractivity (Wildman–Crippen MR) is 51.5 cm³/mol. The van der Waals surface area contributed by atoms with Crippen LogP contribution in [0.25, 0.3) is 0 Å². The van der Waals surface area contributed by atoms with Gasteiger partial charge in [0.1, 0.15) is 12.2 Å². The van der Waals surface area contributed by atoms with Crippen LogP contribution in [0.4, 0.5) is 0 Å². The van der Waals surface area contributed by atoms with E-state index < -0.39 is 0 Å². The summed E-state index contributed by atoms with van der Waals surface area (Å²) in [5.41, 5.74) is 0. The molecule has 1 aliphatic rings. The number of likely N-dealkylation sites (tertiary alicyclic amines) is 1. The molecule has 3 nitrogen and oxygen atoms in total. The first-order valence-electron chi connectivity index (χ1n) is 5.17. The highest BCUT2D eigenvalue weighted by Crippen LogP contribution is 2.06. The van der Waals surface area contributed by atoms with Crippen LogP contribution in [0.15, 0.2) is 0 Å². The molecule has 1 saturated heterocycles. The van der Waals surface area contributed by atoms with Gasteiger partial charge in [0.25, 0.3) is 0 Å². The summed E-state index contributed by atoms with van der Waals surface area (Å²) in [6.45, 7) is 7.70. The van der Waals surface area contributed by atoms with Crippen molar-refractivity contribution in [1.29, 1.82) is 0 Å². The van der Waals surface area contributed by atoms with Crippen molar-refractivity contribution in [3.8, 4) is 0 Å². The summed E-state index contributed by atoms with van der Waals surface area (Å²) in [7, 11) is 3.98. The highest BCUT2D eigenvalue weighted by Gasteiger charge is 2.33. The van der Waals surface area contributed by atoms with Gasteiger partial charge in [-0.1, -0.05) is 6.92 Å². The summed E-state index contributed by atoms with van der Waals surface area (Å²) < 4.78 is 11.3. The summed E-state index contributed by atoms with van der Waals surface area (Å²) in [6, 6.07) is 0. The van der Waals surface area contributed by atoms with Gasteiger partial charge in [-0.15, -0.1) is 0 Å². The van der Waals surface area contributed by atoms with Crippen molar-refractivity contribution in [3.63, 3.8) is 0 Å². The zero-order chi connectivity index (χ0) is 9.68. The average Bonchev–Trinajstić information content (AvgIpc) is 2.44. The minimum atomic E-state index is 0.254. The molecule has 1 aliphatic heterocycles. The standard InChI is InChI=1S/C10H21NO2/c1-4-6-13-10-8-11(3)7-9(10)12-5-2/h9-11H,3-8H2,1-2H3/t9-,10-/m1/s1. The Morgan fingerprint density at radius 2 is 1.85 bits per heavy atom. The molecule has 1 N–H and O–H groups in total. The number of hydrogen-bond acceptors (Lipinski definition) is 2. The van der Waals surface area contributed by atoms with E-state index in [1.165, 1.54) is 4.90 Å². The Kier molecular flexibility index (Phi) is 4.70. The second kappa shape index (κ2) is 5.58. The number of hydrogen-bond donors (Lipinski definition) is 1. The molecular weight excluding hydrogens is 166 g/mol. The van der Waals surface area contributed by atoms with E-state index in [2.05, 4.69) is 14.0 Å². The van der Waals surface area contributed by atoms with Crippen LogP contribution in [0, 0.1) is 7.05 Å². The van der Waals surface area contributed by atoms with Crippen LogP contribution in [-0.2, 0) is 9.47 Å². The molecule has 0 aliphatic carbocycles. The van der Waals surface area contributed by atoms with E-state index in [-0.39, 0.29) is 12.2 Å². The Morgan fingerprint density at radius 3 is 2.38 bits per heavy atom. The van der Waals surface area contributed by atoms with Gasteiger partial charge < -0.3 is 14.4 Å². The zero-order valence-electron chi connectivity index (χ0n) is 8.71. The summed E-state index contributed by atoms with van der Waals surface area (Å²) >= 11 is 0. The van der Waals surface area contributed by atoms with Crippen LogP contribution in [0.1, 0.15) is 20.3 Å². The first-order chi connectivity index (χ1) is 6.27. The molecule has 0 aromatic rings. The van der Waals surface area contributed by atoms with Crippen LogP contribution in [-0.4, -0.2) is 38.5 Å². The van der Waals surface area contributed by atoms with E-state index >= 15 is 0 Å². The average molecular weight is 187 g/mol. The molecular formula is C10H21NO2. The summed E-state index contributed by atoms with van der Waals surface area (Å²) in [5.74, 6) is 0. The van der Waals surface area contributed by atoms with E-state index in [0.29, 0.717) is 0 Å². The molecule has 1 fully saturated rings. The van der Waals surface area contributed by atoms with Crippen LogP contribution >= 0.6 is 0 Å². The van der Waals surface area contributed by atoms with Gasteiger partial charge >= 0.3 is 0 Å². The maximum absolute atomic E-state index is 5.70. The molecule has 1 rings (SSSR count). The number of quaternary nitrogens is 1. The largest absolute Gasteiger partial charge is 0.463 e. The van der Waals surface area contributed by atoms with Crippen molar-refractivity contribution in [3.05, 3.63) is 7.05 Å². The molecule has 1 unspecified atom stereocenters. The van der Waals surface area contributed by atoms with Crippen molar-refractivity contribution >= 4 is 0 Å². The SMILES string of the molecule is [CH2-][NH+]1C[C@@H](OCC)[C@H](OCCC)C1. The summed E-state index contributed by atoms with van der Waals surface area (Å²) in [5, 5.41) is 0. The lowest BCUT2D eigenvalue weighted by Crippen LogP contribution is -3.05. The molecule has 0 spiro atoms. The third-order valence-electron chi connectivity index (χ3n) is 2.31. The summed E-state index contributed by atoms with van der Waals surface area (Å²) in [6.07, 6.45) is 1.58. The van der Waals surface area contributed by atoms with Crippen molar-refractivity contribution in [2.75, 3.05) is 26.3 Å². The lowest BCUT2D eigenvalue weighted by molar-refractivity contribution is -0.842. The highest BCUT2D eigenvalue weighted by molar-refractivity contribution is 4.74. The lowest BCUT2D eigenvalue weighted by atomic mass is 10.2. The van der Waals surface area contributed by atoms with Gasteiger partial charge in [-0.2, -0.15) is 7.05 Å². The van der Waals surface area contributed by atoms with Crippen LogP contribution < -0.4 is 4.90 Å². The first kappa shape index (κ1) is 11.0. The second-order valence-electron chi connectivity index (χ2n) is 3.56. The van der Waals surface area contributed by atoms with E-state index in [1.54, 1.807) is 0 Å². The van der Waals surface area contributed by atoms with E-state index in [1.807, 2.05) is 6.92 Å². The van der Waals surface area contributed by atoms with Crippen LogP contribution in [0.2, 0.25) is 0 Å². The number of rotatable bonds is 5. The Bertz CT molecular complexity index is 141. The minimum absolute atomic E-state index is 0.254. The fourth-order valence-electron chi connectivity index (χ4n) is 1.73. The Morgan fingerprint density at radius 1 is 1.23 bits per heavy atom. The molecule has 13 heavy (non-hydrogen) atoms. The van der Waals surface area contributed by atoms with Gasteiger partial charge in [0.05, 0.1) is 13.1 Å². The number of ether oxygens (including phenoxy) is 2. The predicted octanol–water partition coefficient (Wildman–Crippen LogP) is -0.123. The molecule has 0 radical (unpaired) electrons. The van der Waals surface area contributed by atoms with E-state index in [0.717, 1.165) is 32.7 Å². The first-order valence-corrected chi connectivity index (χ1v) is 5.17. The third kappa shape index (κ3) is 3.25. The molecule has 78 valence electrons. The molecule has 1 heterocycles. The quantitative estimate of drug-likeness (QED) is 0.606. The van der Waals surface area contributed by atoms with Gasteiger partial charge in [0.2, 0.25) is 0 Å². The zero-order valence-corrected chi connectivity index (χ0v) is 8.71. The lowest BCUT2D eigenvalue weighted by Gasteiger charge is -2.16. The molecule has 3 heteroatoms. The normalized spacial score (nSPS) is 33.9. The van der Waals surface area contributed by atoms with Crippen LogP contribution in [0.5, 0.6) is 0 Å². The van der Waals surface area contributed by atoms with Crippen LogP contribution in [0.3, 0.4) is 0 Å². The number of nitrogens with one attached hydrogen (secondary N) is 1. The van der Waals surface area contributed by atoms with Gasteiger partial charge in [0.15, 0.2) is 0 Å². The molecule has 0 aromatic carbocycles. The maximum Gasteiger partial charge on any atom is 0.136 e. The van der Waals surface area contributed by atoms with Crippen molar-refractivity contribution in [2.24, 2.45) is 0 Å². The van der Waals surface area contributed by atoms with Gasteiger partial charge in [0, 0.05) is 13.2 Å². The second-order valence-corrected chi connectivity index (χ2v) is 3.56. The molecule has 0 saturated carbocycles. The van der Waals surface area contributed by atoms with Crippen molar-refractivity contribution in [2.45, 2.75) is 32.5 Å². The molecule has 3 atom stereocenters. The smallest absolute Gasteiger partial charge is 0.136 e. The van der Waals surface area contributed by atoms with Gasteiger partial charge in [-0.3, -0.25) is 0 Å². The minimum Gasteiger partial charge on any atom is -0.463 e. The van der Waals surface area contributed by atoms with E-state index in [4.69, 9.17) is 9.47 Å². The van der Waals surface area contributed by atoms with E-state index in [9.17, 15) is 0 Å². The van der Waals surface area contributed by atoms with Gasteiger partial charge in [-0.25, -0.2) is 0 Å². The van der Waals surface area contributed by atoms with Crippen molar-refractivity contribution < 1.29 is 14.4 Å². The Labute approximate surface area is 81.0 Å². The third-order valence-corrected chi connectivity index (χ3v) is 2.31. The fraction of sp³-hybridized carbons (Fsp3) is 0.900. The van der Waals surface area contributed by atoms with Crippen molar-refractivity contribution in [1.82, 2.24) is 0 Å². The monoisotopic (exact) mass is 187 g/mol. The molecule has 0 aromatic heterocycles. The topological polar surface area (TPSA) is 22.9 Å². The molecule has 0 amide bonds. The Hall–Kier alpha value is -0.120. The maximum atomic E-state index is 5.70. The Balaban J connectivity index is 2.31. The summed E-state index contributed by atoms with van der Waals surface area (Å²) in [4.78, 5) is 1.26. The molecule has 0 bridgehead atoms. The van der Waals surface area contributed by atoms with Gasteiger partial charge in [-0.05, 0) is 13.3 Å².